The van der Waals surface area contributed by atoms with Crippen LogP contribution >= 0.6 is 0 Å². The van der Waals surface area contributed by atoms with Crippen molar-refractivity contribution in [3.8, 4) is 0 Å². The Balaban J connectivity index is 2.15. The molecule has 0 bridgehead atoms. The number of hydrogen-bond donors (Lipinski definition) is 3. The molecule has 0 spiro atoms. The van der Waals surface area contributed by atoms with Crippen molar-refractivity contribution in [1.82, 2.24) is 5.32 Å². The normalized spacial score (nSPS) is 34.1. The summed E-state index contributed by atoms with van der Waals surface area (Å²) in [7, 11) is 0. The van der Waals surface area contributed by atoms with Gasteiger partial charge in [0.15, 0.2) is 0 Å². The van der Waals surface area contributed by atoms with Gasteiger partial charge in [-0.2, -0.15) is 0 Å². The molecule has 3 heteroatoms. The fourth-order valence-corrected chi connectivity index (χ4v) is 1.50. The van der Waals surface area contributed by atoms with Crippen molar-refractivity contribution in [3.63, 3.8) is 0 Å². The van der Waals surface area contributed by atoms with Crippen LogP contribution in [0.3, 0.4) is 0 Å². The zero-order chi connectivity index (χ0) is 8.27. The van der Waals surface area contributed by atoms with Gasteiger partial charge >= 0.3 is 0 Å². The summed E-state index contributed by atoms with van der Waals surface area (Å²) in [5, 5.41) is 21.4. The van der Waals surface area contributed by atoms with Gasteiger partial charge in [0.05, 0.1) is 12.2 Å². The minimum absolute atomic E-state index is 0.200. The maximum absolute atomic E-state index is 9.36. The van der Waals surface area contributed by atoms with E-state index in [-0.39, 0.29) is 18.2 Å². The monoisotopic (exact) mass is 159 g/mol. The van der Waals surface area contributed by atoms with Crippen LogP contribution in [0, 0.1) is 0 Å². The molecule has 1 saturated carbocycles. The smallest absolute Gasteiger partial charge is 0.0693 e. The molecule has 0 radical (unpaired) electrons. The van der Waals surface area contributed by atoms with E-state index in [1.54, 1.807) is 6.92 Å². The summed E-state index contributed by atoms with van der Waals surface area (Å²) in [6, 6.07) is 0.213. The van der Waals surface area contributed by atoms with Crippen molar-refractivity contribution in [2.24, 2.45) is 0 Å². The number of aliphatic hydroxyl groups excluding tert-OH is 2. The van der Waals surface area contributed by atoms with Crippen LogP contribution in [0.1, 0.15) is 26.2 Å². The van der Waals surface area contributed by atoms with E-state index in [0.29, 0.717) is 6.54 Å². The summed E-state index contributed by atoms with van der Waals surface area (Å²) >= 11 is 0. The first-order valence-corrected chi connectivity index (χ1v) is 4.29. The van der Waals surface area contributed by atoms with E-state index in [1.165, 1.54) is 0 Å². The van der Waals surface area contributed by atoms with Gasteiger partial charge in [-0.05, 0) is 26.2 Å². The van der Waals surface area contributed by atoms with Crippen LogP contribution in [0.4, 0.5) is 0 Å². The van der Waals surface area contributed by atoms with Crippen LogP contribution < -0.4 is 5.32 Å². The summed E-state index contributed by atoms with van der Waals surface area (Å²) < 4.78 is 0. The fourth-order valence-electron chi connectivity index (χ4n) is 1.50. The lowest BCUT2D eigenvalue weighted by Crippen LogP contribution is -2.39. The Kier molecular flexibility index (Phi) is 3.30. The maximum Gasteiger partial charge on any atom is 0.0693 e. The van der Waals surface area contributed by atoms with Crippen molar-refractivity contribution in [2.75, 3.05) is 6.54 Å². The number of hydrogen-bond acceptors (Lipinski definition) is 3. The molecule has 0 aromatic rings. The van der Waals surface area contributed by atoms with Crippen LogP contribution in [0.2, 0.25) is 0 Å². The van der Waals surface area contributed by atoms with Crippen LogP contribution in [-0.2, 0) is 0 Å². The van der Waals surface area contributed by atoms with E-state index < -0.39 is 0 Å². The first kappa shape index (κ1) is 8.97. The van der Waals surface area contributed by atoms with Gasteiger partial charge in [0.25, 0.3) is 0 Å². The molecule has 3 nitrogen and oxygen atoms in total. The van der Waals surface area contributed by atoms with Crippen molar-refractivity contribution >= 4 is 0 Å². The molecule has 0 aromatic heterocycles. The van der Waals surface area contributed by atoms with Crippen molar-refractivity contribution in [3.05, 3.63) is 0 Å². The predicted molar refractivity (Wildman–Crippen MR) is 43.3 cm³/mol. The third-order valence-corrected chi connectivity index (χ3v) is 2.15. The van der Waals surface area contributed by atoms with Gasteiger partial charge in [-0.15, -0.1) is 0 Å². The minimum atomic E-state index is -0.317. The van der Waals surface area contributed by atoms with Crippen molar-refractivity contribution in [2.45, 2.75) is 44.4 Å². The van der Waals surface area contributed by atoms with Crippen LogP contribution in [0.25, 0.3) is 0 Å². The second kappa shape index (κ2) is 4.04. The maximum atomic E-state index is 9.36. The molecule has 3 atom stereocenters. The second-order valence-corrected chi connectivity index (χ2v) is 3.36. The van der Waals surface area contributed by atoms with Gasteiger partial charge in [0, 0.05) is 12.6 Å². The molecule has 1 fully saturated rings. The Morgan fingerprint density at radius 2 is 2.27 bits per heavy atom. The van der Waals surface area contributed by atoms with Gasteiger partial charge in [0.2, 0.25) is 0 Å². The minimum Gasteiger partial charge on any atom is -0.392 e. The lowest BCUT2D eigenvalue weighted by atomic mass is 10.2. The van der Waals surface area contributed by atoms with E-state index in [9.17, 15) is 5.11 Å². The van der Waals surface area contributed by atoms with Gasteiger partial charge < -0.3 is 15.5 Å². The highest BCUT2D eigenvalue weighted by molar-refractivity contribution is 4.82. The number of aliphatic hydroxyl groups is 2. The Morgan fingerprint density at radius 3 is 2.73 bits per heavy atom. The lowest BCUT2D eigenvalue weighted by molar-refractivity contribution is 0.132. The zero-order valence-corrected chi connectivity index (χ0v) is 6.95. The summed E-state index contributed by atoms with van der Waals surface area (Å²) in [4.78, 5) is 0. The summed E-state index contributed by atoms with van der Waals surface area (Å²) in [6.07, 6.45) is 2.51. The molecular formula is C8H17NO2. The van der Waals surface area contributed by atoms with Gasteiger partial charge in [-0.1, -0.05) is 0 Å². The molecule has 0 saturated heterocycles. The van der Waals surface area contributed by atoms with E-state index in [2.05, 4.69) is 5.32 Å². The first-order valence-electron chi connectivity index (χ1n) is 4.29. The van der Waals surface area contributed by atoms with E-state index >= 15 is 0 Å². The average Bonchev–Trinajstić information content (AvgIpc) is 2.31. The zero-order valence-electron chi connectivity index (χ0n) is 6.95. The summed E-state index contributed by atoms with van der Waals surface area (Å²) in [5.74, 6) is 0. The molecule has 0 heterocycles. The molecule has 0 aromatic carbocycles. The predicted octanol–water partition coefficient (Wildman–Crippen LogP) is -0.130. The molecule has 66 valence electrons. The molecule has 1 rings (SSSR count). The third-order valence-electron chi connectivity index (χ3n) is 2.15. The highest BCUT2D eigenvalue weighted by atomic mass is 16.3. The molecule has 0 aliphatic heterocycles. The quantitative estimate of drug-likeness (QED) is 0.537. The lowest BCUT2D eigenvalue weighted by Gasteiger charge is -2.17. The molecule has 1 aliphatic rings. The molecular weight excluding hydrogens is 142 g/mol. The van der Waals surface area contributed by atoms with E-state index in [1.807, 2.05) is 0 Å². The topological polar surface area (TPSA) is 52.5 Å². The second-order valence-electron chi connectivity index (χ2n) is 3.36. The Hall–Kier alpha value is -0.120. The fraction of sp³-hybridized carbons (Fsp3) is 1.00. The Morgan fingerprint density at radius 1 is 1.55 bits per heavy atom. The molecule has 2 unspecified atom stereocenters. The van der Waals surface area contributed by atoms with Crippen LogP contribution in [0.15, 0.2) is 0 Å². The third kappa shape index (κ3) is 2.77. The standard InChI is InChI=1S/C8H17NO2/c1-6(10)5-9-7-3-2-4-8(7)11/h6-11H,2-5H2,1H3/t6-,7?,8?/m0/s1. The highest BCUT2D eigenvalue weighted by Crippen LogP contribution is 2.18. The summed E-state index contributed by atoms with van der Waals surface area (Å²) in [5.41, 5.74) is 0. The average molecular weight is 159 g/mol. The van der Waals surface area contributed by atoms with Crippen molar-refractivity contribution < 1.29 is 10.2 Å². The largest absolute Gasteiger partial charge is 0.392 e. The van der Waals surface area contributed by atoms with Crippen LogP contribution in [-0.4, -0.2) is 35.0 Å². The molecule has 11 heavy (non-hydrogen) atoms. The van der Waals surface area contributed by atoms with Gasteiger partial charge in [-0.25, -0.2) is 0 Å². The van der Waals surface area contributed by atoms with Crippen LogP contribution in [0.5, 0.6) is 0 Å². The Bertz CT molecular complexity index is 117. The van der Waals surface area contributed by atoms with E-state index in [0.717, 1.165) is 19.3 Å². The number of nitrogens with one attached hydrogen (secondary N) is 1. The molecule has 3 N–H and O–H groups in total. The molecule has 1 aliphatic carbocycles. The SMILES string of the molecule is C[C@H](O)CNC1CCCC1O. The van der Waals surface area contributed by atoms with Gasteiger partial charge in [0.1, 0.15) is 0 Å². The first-order chi connectivity index (χ1) is 5.20. The summed E-state index contributed by atoms with van der Waals surface area (Å²) in [6.45, 7) is 2.33. The van der Waals surface area contributed by atoms with Crippen molar-refractivity contribution in [1.29, 1.82) is 0 Å². The molecule has 0 amide bonds. The van der Waals surface area contributed by atoms with Gasteiger partial charge in [-0.3, -0.25) is 0 Å². The number of rotatable bonds is 3. The Labute approximate surface area is 67.4 Å². The van der Waals surface area contributed by atoms with E-state index in [4.69, 9.17) is 5.11 Å². The highest BCUT2D eigenvalue weighted by Gasteiger charge is 2.24.